The normalized spacial score (nSPS) is 9.20. The Labute approximate surface area is 78.6 Å². The topological polar surface area (TPSA) is 12.9 Å². The Kier molecular flexibility index (Phi) is 2.63. The summed E-state index contributed by atoms with van der Waals surface area (Å²) in [6.07, 6.45) is 0. The van der Waals surface area contributed by atoms with Crippen molar-refractivity contribution in [3.8, 4) is 0 Å². The smallest absolute Gasteiger partial charge is 0.386 e. The minimum Gasteiger partial charge on any atom is -0.386 e. The van der Waals surface area contributed by atoms with Crippen LogP contribution < -0.4 is 0 Å². The van der Waals surface area contributed by atoms with Crippen molar-refractivity contribution in [2.75, 3.05) is 0 Å². The van der Waals surface area contributed by atoms with Crippen LogP contribution in [0, 0.1) is 5.51 Å². The van der Waals surface area contributed by atoms with Gasteiger partial charge in [0.15, 0.2) is 0 Å². The first-order chi connectivity index (χ1) is 4.47. The van der Waals surface area contributed by atoms with E-state index in [2.05, 4.69) is 10.5 Å². The molecule has 1 aromatic heterocycles. The van der Waals surface area contributed by atoms with Crippen molar-refractivity contribution in [2.45, 2.75) is 0 Å². The van der Waals surface area contributed by atoms with Crippen LogP contribution in [0.1, 0.15) is 0 Å². The Morgan fingerprint density at radius 3 is 2.90 bits per heavy atom. The van der Waals surface area contributed by atoms with Gasteiger partial charge >= 0.3 is 22.4 Å². The van der Waals surface area contributed by atoms with Crippen molar-refractivity contribution >= 4 is 21.6 Å². The van der Waals surface area contributed by atoms with Crippen LogP contribution in [0.4, 0.5) is 0 Å². The van der Waals surface area contributed by atoms with Crippen molar-refractivity contribution in [1.82, 2.24) is 4.98 Å². The molecule has 1 aromatic carbocycles. The number of benzene rings is 1. The first-order valence-electron chi connectivity index (χ1n) is 2.68. The van der Waals surface area contributed by atoms with Gasteiger partial charge in [0.25, 0.3) is 0 Å². The Balaban J connectivity index is 0.000000500. The van der Waals surface area contributed by atoms with Crippen LogP contribution >= 0.6 is 11.3 Å². The van der Waals surface area contributed by atoms with E-state index in [9.17, 15) is 0 Å². The summed E-state index contributed by atoms with van der Waals surface area (Å²) in [5.74, 6) is 0. The first kappa shape index (κ1) is 7.95. The van der Waals surface area contributed by atoms with Crippen LogP contribution in [-0.2, 0) is 22.4 Å². The van der Waals surface area contributed by atoms with Crippen molar-refractivity contribution in [2.24, 2.45) is 0 Å². The number of hydrogen-bond donors (Lipinski definition) is 0. The van der Waals surface area contributed by atoms with Crippen LogP contribution in [0.5, 0.6) is 0 Å². The first-order valence-corrected chi connectivity index (χ1v) is 3.50. The van der Waals surface area contributed by atoms with Gasteiger partial charge in [-0.1, -0.05) is 17.6 Å². The van der Waals surface area contributed by atoms with Gasteiger partial charge in [-0.25, -0.2) is 0 Å². The fraction of sp³-hybridized carbons (Fsp3) is 0. The van der Waals surface area contributed by atoms with Gasteiger partial charge < -0.3 is 4.98 Å². The molecule has 0 bridgehead atoms. The van der Waals surface area contributed by atoms with Crippen LogP contribution in [0.25, 0.3) is 10.2 Å². The molecule has 0 saturated heterocycles. The number of rotatable bonds is 0. The largest absolute Gasteiger partial charge is 1.00 e. The van der Waals surface area contributed by atoms with E-state index in [-0.39, 0.29) is 22.4 Å². The maximum atomic E-state index is 4.01. The van der Waals surface area contributed by atoms with E-state index in [4.69, 9.17) is 0 Å². The number of thiazole rings is 1. The number of fused-ring (bicyclic) bond motifs is 1. The summed E-state index contributed by atoms with van der Waals surface area (Å²) in [5, 5.41) is 0. The average Bonchev–Trinajstić information content (AvgIpc) is 2.33. The van der Waals surface area contributed by atoms with E-state index in [1.165, 1.54) is 4.70 Å². The summed E-state index contributed by atoms with van der Waals surface area (Å²) < 4.78 is 1.21. The zero-order valence-corrected chi connectivity index (χ0v) is 7.95. The zero-order chi connectivity index (χ0) is 6.10. The molecule has 1 nitrogen and oxygen atoms in total. The summed E-state index contributed by atoms with van der Waals surface area (Å²) in [6, 6.07) is 8.02. The summed E-state index contributed by atoms with van der Waals surface area (Å²) >= 11 is 1.55. The van der Waals surface area contributed by atoms with Crippen LogP contribution in [0.15, 0.2) is 24.3 Å². The zero-order valence-electron chi connectivity index (χ0n) is 4.97. The summed E-state index contributed by atoms with van der Waals surface area (Å²) in [6.45, 7) is 0. The average molecular weight is 331 g/mol. The predicted octanol–water partition coefficient (Wildman–Crippen LogP) is 2.09. The van der Waals surface area contributed by atoms with Crippen LogP contribution in [0.2, 0.25) is 0 Å². The van der Waals surface area contributed by atoms with Crippen LogP contribution in [-0.4, -0.2) is 4.98 Å². The second-order valence-corrected chi connectivity index (χ2v) is 2.60. The summed E-state index contributed by atoms with van der Waals surface area (Å²) in [7, 11) is 0. The molecule has 0 N–H and O–H groups in total. The minimum absolute atomic E-state index is 0. The third-order valence-electron chi connectivity index (χ3n) is 1.19. The van der Waals surface area contributed by atoms with Gasteiger partial charge in [0.2, 0.25) is 0 Å². The molecule has 0 atom stereocenters. The summed E-state index contributed by atoms with van der Waals surface area (Å²) in [4.78, 5) is 4.01. The number of hydrogen-bond acceptors (Lipinski definition) is 2. The Morgan fingerprint density at radius 2 is 2.10 bits per heavy atom. The van der Waals surface area contributed by atoms with Crippen molar-refractivity contribution < 1.29 is 22.4 Å². The fourth-order valence-corrected chi connectivity index (χ4v) is 1.36. The molecular weight excluding hydrogens is 327 g/mol. The van der Waals surface area contributed by atoms with E-state index in [0.717, 1.165) is 5.52 Å². The van der Waals surface area contributed by atoms with E-state index in [1.54, 1.807) is 11.3 Å². The van der Waals surface area contributed by atoms with Crippen LogP contribution in [0.3, 0.4) is 0 Å². The van der Waals surface area contributed by atoms with Gasteiger partial charge in [0.1, 0.15) is 0 Å². The SMILES string of the molecule is [Au+].[c-]1nc2ccccc2s1. The molecule has 0 saturated carbocycles. The Morgan fingerprint density at radius 1 is 1.30 bits per heavy atom. The quantitative estimate of drug-likeness (QED) is 0.532. The Hall–Kier alpha value is -0.150. The van der Waals surface area contributed by atoms with Gasteiger partial charge in [-0.2, -0.15) is 0 Å². The van der Waals surface area contributed by atoms with Gasteiger partial charge in [-0.05, 0) is 5.51 Å². The maximum Gasteiger partial charge on any atom is 1.00 e. The molecule has 0 radical (unpaired) electrons. The maximum absolute atomic E-state index is 4.01. The molecule has 0 aliphatic carbocycles. The number of aromatic nitrogens is 1. The third-order valence-corrected chi connectivity index (χ3v) is 1.93. The predicted molar refractivity (Wildman–Crippen MR) is 38.5 cm³/mol. The molecular formula is C7H4AuNS. The van der Waals surface area contributed by atoms with E-state index < -0.39 is 0 Å². The second-order valence-electron chi connectivity index (χ2n) is 1.77. The van der Waals surface area contributed by atoms with Crippen molar-refractivity contribution in [3.05, 3.63) is 29.8 Å². The molecule has 0 unspecified atom stereocenters. The molecule has 1 heterocycles. The number of para-hydroxylation sites is 1. The molecule has 2 aromatic rings. The molecule has 3 heteroatoms. The minimum atomic E-state index is 0. The monoisotopic (exact) mass is 331 g/mol. The molecule has 10 heavy (non-hydrogen) atoms. The molecule has 54 valence electrons. The molecule has 2 rings (SSSR count). The fourth-order valence-electron chi connectivity index (χ4n) is 0.757. The number of nitrogens with zero attached hydrogens (tertiary/aromatic N) is 1. The van der Waals surface area contributed by atoms with Gasteiger partial charge in [-0.15, -0.1) is 16.8 Å². The molecule has 0 aliphatic heterocycles. The third kappa shape index (κ3) is 1.30. The summed E-state index contributed by atoms with van der Waals surface area (Å²) in [5.41, 5.74) is 3.87. The molecule has 0 fully saturated rings. The van der Waals surface area contributed by atoms with E-state index >= 15 is 0 Å². The van der Waals surface area contributed by atoms with E-state index in [0.29, 0.717) is 0 Å². The molecule has 0 aliphatic rings. The standard InChI is InChI=1S/C7H4NS.Au/c1-2-4-7-6(3-1)8-5-9-7;/h1-4H;/q-1;+1. The molecule has 0 amide bonds. The van der Waals surface area contributed by atoms with E-state index in [1.807, 2.05) is 24.3 Å². The second kappa shape index (κ2) is 3.30. The van der Waals surface area contributed by atoms with Gasteiger partial charge in [0.05, 0.1) is 0 Å². The van der Waals surface area contributed by atoms with Gasteiger partial charge in [0, 0.05) is 0 Å². The van der Waals surface area contributed by atoms with Crippen molar-refractivity contribution in [3.63, 3.8) is 0 Å². The van der Waals surface area contributed by atoms with Gasteiger partial charge in [-0.3, -0.25) is 11.3 Å². The van der Waals surface area contributed by atoms with Crippen molar-refractivity contribution in [1.29, 1.82) is 0 Å². The Bertz CT molecular complexity index is 288. The molecule has 0 spiro atoms.